The molecule has 0 spiro atoms. The lowest BCUT2D eigenvalue weighted by molar-refractivity contribution is 0.0773. The molecule has 2 fully saturated rings. The van der Waals surface area contributed by atoms with Crippen molar-refractivity contribution in [2.45, 2.75) is 72.3 Å². The van der Waals surface area contributed by atoms with Crippen LogP contribution in [0.3, 0.4) is 0 Å². The van der Waals surface area contributed by atoms with Crippen molar-refractivity contribution in [3.05, 3.63) is 0 Å². The minimum atomic E-state index is 0.755. The van der Waals surface area contributed by atoms with Crippen LogP contribution in [0.2, 0.25) is 0 Å². The van der Waals surface area contributed by atoms with Crippen LogP contribution in [-0.2, 0) is 0 Å². The maximum absolute atomic E-state index is 3.87. The quantitative estimate of drug-likeness (QED) is 0.791. The van der Waals surface area contributed by atoms with Gasteiger partial charge in [-0.2, -0.15) is 0 Å². The van der Waals surface area contributed by atoms with Crippen molar-refractivity contribution in [2.24, 2.45) is 23.7 Å². The van der Waals surface area contributed by atoms with Gasteiger partial charge in [-0.1, -0.05) is 34.1 Å². The van der Waals surface area contributed by atoms with Crippen LogP contribution in [0.25, 0.3) is 0 Å². The molecule has 124 valence electrons. The summed E-state index contributed by atoms with van der Waals surface area (Å²) in [6, 6.07) is 0.755. The topological polar surface area (TPSA) is 15.3 Å². The summed E-state index contributed by atoms with van der Waals surface area (Å²) in [5.41, 5.74) is 0. The first-order valence-corrected chi connectivity index (χ1v) is 9.59. The summed E-state index contributed by atoms with van der Waals surface area (Å²) in [6.45, 7) is 14.8. The fraction of sp³-hybridized carbons (Fsp3) is 1.00. The molecule has 21 heavy (non-hydrogen) atoms. The van der Waals surface area contributed by atoms with Gasteiger partial charge in [0.15, 0.2) is 0 Å². The zero-order valence-corrected chi connectivity index (χ0v) is 14.9. The average Bonchev–Trinajstić information content (AvgIpc) is 2.48. The molecule has 2 nitrogen and oxygen atoms in total. The Morgan fingerprint density at radius 3 is 2.67 bits per heavy atom. The van der Waals surface area contributed by atoms with E-state index in [9.17, 15) is 0 Å². The Balaban J connectivity index is 1.93. The summed E-state index contributed by atoms with van der Waals surface area (Å²) >= 11 is 0. The number of nitrogens with one attached hydrogen (secondary N) is 1. The van der Waals surface area contributed by atoms with E-state index >= 15 is 0 Å². The van der Waals surface area contributed by atoms with E-state index in [0.717, 1.165) is 29.7 Å². The first-order chi connectivity index (χ1) is 10.1. The average molecular weight is 295 g/mol. The van der Waals surface area contributed by atoms with E-state index in [-0.39, 0.29) is 0 Å². The van der Waals surface area contributed by atoms with Crippen LogP contribution in [0.1, 0.15) is 66.2 Å². The molecular weight excluding hydrogens is 256 g/mol. The van der Waals surface area contributed by atoms with Gasteiger partial charge in [0.1, 0.15) is 0 Å². The highest BCUT2D eigenvalue weighted by Crippen LogP contribution is 2.35. The first kappa shape index (κ1) is 17.3. The molecule has 0 bridgehead atoms. The largest absolute Gasteiger partial charge is 0.314 e. The number of likely N-dealkylation sites (tertiary alicyclic amines) is 1. The standard InChI is InChI=1S/C19H38N2/c1-5-9-20-19-12-15(3)11-16(4)18(19)14-21-10-7-8-17(6-2)13-21/h15-20H,5-14H2,1-4H3. The van der Waals surface area contributed by atoms with Gasteiger partial charge in [-0.25, -0.2) is 0 Å². The third-order valence-electron chi connectivity index (χ3n) is 5.98. The van der Waals surface area contributed by atoms with Crippen LogP contribution in [0, 0.1) is 23.7 Å². The summed E-state index contributed by atoms with van der Waals surface area (Å²) in [5, 5.41) is 3.87. The van der Waals surface area contributed by atoms with Crippen molar-refractivity contribution in [1.29, 1.82) is 0 Å². The van der Waals surface area contributed by atoms with Gasteiger partial charge < -0.3 is 10.2 Å². The molecule has 1 aliphatic heterocycles. The van der Waals surface area contributed by atoms with Crippen LogP contribution in [-0.4, -0.2) is 37.1 Å². The lowest BCUT2D eigenvalue weighted by atomic mass is 9.72. The van der Waals surface area contributed by atoms with Crippen molar-refractivity contribution in [1.82, 2.24) is 10.2 Å². The minimum absolute atomic E-state index is 0.755. The molecule has 1 heterocycles. The SMILES string of the molecule is CCCNC1CC(C)CC(C)C1CN1CCCC(CC)C1. The van der Waals surface area contributed by atoms with Gasteiger partial charge in [0.25, 0.3) is 0 Å². The molecule has 5 atom stereocenters. The van der Waals surface area contributed by atoms with Crippen molar-refractivity contribution < 1.29 is 0 Å². The first-order valence-electron chi connectivity index (χ1n) is 9.59. The molecule has 1 N–H and O–H groups in total. The van der Waals surface area contributed by atoms with E-state index in [0.29, 0.717) is 0 Å². The number of hydrogen-bond donors (Lipinski definition) is 1. The fourth-order valence-electron chi connectivity index (χ4n) is 4.73. The Labute approximate surface area is 133 Å². The molecule has 1 aliphatic carbocycles. The van der Waals surface area contributed by atoms with Gasteiger partial charge in [-0.15, -0.1) is 0 Å². The number of piperidine rings is 1. The molecule has 0 aromatic carbocycles. The van der Waals surface area contributed by atoms with Crippen molar-refractivity contribution in [3.63, 3.8) is 0 Å². The summed E-state index contributed by atoms with van der Waals surface area (Å²) in [7, 11) is 0. The van der Waals surface area contributed by atoms with Crippen molar-refractivity contribution in [3.8, 4) is 0 Å². The highest BCUT2D eigenvalue weighted by atomic mass is 15.1. The third-order valence-corrected chi connectivity index (χ3v) is 5.98. The maximum atomic E-state index is 3.87. The minimum Gasteiger partial charge on any atom is -0.314 e. The van der Waals surface area contributed by atoms with Gasteiger partial charge in [0, 0.05) is 19.1 Å². The van der Waals surface area contributed by atoms with E-state index in [1.54, 1.807) is 0 Å². The second kappa shape index (κ2) is 8.53. The van der Waals surface area contributed by atoms with Crippen LogP contribution >= 0.6 is 0 Å². The van der Waals surface area contributed by atoms with Crippen molar-refractivity contribution >= 4 is 0 Å². The van der Waals surface area contributed by atoms with E-state index in [2.05, 4.69) is 37.9 Å². The van der Waals surface area contributed by atoms with Gasteiger partial charge in [-0.05, 0) is 68.9 Å². The van der Waals surface area contributed by atoms with Crippen LogP contribution in [0.4, 0.5) is 0 Å². The summed E-state index contributed by atoms with van der Waals surface area (Å²) in [5.74, 6) is 3.60. The van der Waals surface area contributed by atoms with Gasteiger partial charge in [0.05, 0.1) is 0 Å². The molecule has 2 heteroatoms. The van der Waals surface area contributed by atoms with E-state index in [4.69, 9.17) is 0 Å². The second-order valence-corrected chi connectivity index (χ2v) is 7.95. The highest BCUT2D eigenvalue weighted by Gasteiger charge is 2.35. The Morgan fingerprint density at radius 1 is 1.14 bits per heavy atom. The summed E-state index contributed by atoms with van der Waals surface area (Å²) < 4.78 is 0. The molecule has 2 aliphatic rings. The maximum Gasteiger partial charge on any atom is 0.0113 e. The lowest BCUT2D eigenvalue weighted by Crippen LogP contribution is -2.50. The molecule has 1 saturated heterocycles. The van der Waals surface area contributed by atoms with Crippen LogP contribution in [0.15, 0.2) is 0 Å². The number of nitrogens with zero attached hydrogens (tertiary/aromatic N) is 1. The van der Waals surface area contributed by atoms with Gasteiger partial charge in [0.2, 0.25) is 0 Å². The van der Waals surface area contributed by atoms with Crippen molar-refractivity contribution in [2.75, 3.05) is 26.2 Å². The Morgan fingerprint density at radius 2 is 1.95 bits per heavy atom. The van der Waals surface area contributed by atoms with Crippen LogP contribution < -0.4 is 5.32 Å². The lowest BCUT2D eigenvalue weighted by Gasteiger charge is -2.44. The Hall–Kier alpha value is -0.0800. The number of hydrogen-bond acceptors (Lipinski definition) is 2. The Kier molecular flexibility index (Phi) is 7.01. The molecule has 0 amide bonds. The van der Waals surface area contributed by atoms with E-state index in [1.807, 2.05) is 0 Å². The molecular formula is C19H38N2. The zero-order valence-electron chi connectivity index (χ0n) is 14.9. The monoisotopic (exact) mass is 294 g/mol. The second-order valence-electron chi connectivity index (χ2n) is 7.95. The summed E-state index contributed by atoms with van der Waals surface area (Å²) in [4.78, 5) is 2.79. The Bertz CT molecular complexity index is 291. The van der Waals surface area contributed by atoms with Gasteiger partial charge in [-0.3, -0.25) is 0 Å². The predicted molar refractivity (Wildman–Crippen MR) is 92.6 cm³/mol. The van der Waals surface area contributed by atoms with E-state index < -0.39 is 0 Å². The molecule has 0 radical (unpaired) electrons. The zero-order chi connectivity index (χ0) is 15.2. The molecule has 2 rings (SSSR count). The molecule has 5 unspecified atom stereocenters. The van der Waals surface area contributed by atoms with Crippen LogP contribution in [0.5, 0.6) is 0 Å². The predicted octanol–water partition coefficient (Wildman–Crippen LogP) is 4.16. The normalized spacial score (nSPS) is 38.6. The number of rotatable bonds is 6. The third kappa shape index (κ3) is 4.96. The fourth-order valence-corrected chi connectivity index (χ4v) is 4.73. The smallest absolute Gasteiger partial charge is 0.0113 e. The highest BCUT2D eigenvalue weighted by molar-refractivity contribution is 4.90. The summed E-state index contributed by atoms with van der Waals surface area (Å²) in [6.07, 6.45) is 8.32. The molecule has 0 aromatic heterocycles. The molecule has 1 saturated carbocycles. The molecule has 0 aromatic rings. The van der Waals surface area contributed by atoms with Gasteiger partial charge >= 0.3 is 0 Å². The van der Waals surface area contributed by atoms with E-state index in [1.165, 1.54) is 64.7 Å².